The molecule has 100 valence electrons. The van der Waals surface area contributed by atoms with Crippen LogP contribution in [0.5, 0.6) is 5.75 Å². The van der Waals surface area contributed by atoms with Gasteiger partial charge < -0.3 is 4.74 Å². The second-order valence-electron chi connectivity index (χ2n) is 3.96. The summed E-state index contributed by atoms with van der Waals surface area (Å²) in [6.07, 6.45) is 6.25. The fourth-order valence-corrected chi connectivity index (χ4v) is 2.53. The zero-order valence-corrected chi connectivity index (χ0v) is 12.0. The van der Waals surface area contributed by atoms with Crippen molar-refractivity contribution < 1.29 is 4.74 Å². The van der Waals surface area contributed by atoms with E-state index in [0.29, 0.717) is 11.6 Å². The van der Waals surface area contributed by atoms with Crippen LogP contribution in [0.3, 0.4) is 0 Å². The number of hydrogen-bond donors (Lipinski definition) is 0. The Labute approximate surface area is 122 Å². The summed E-state index contributed by atoms with van der Waals surface area (Å²) in [5.74, 6) is 2.82. The Morgan fingerprint density at radius 1 is 1.21 bits per heavy atom. The summed E-state index contributed by atoms with van der Waals surface area (Å²) in [4.78, 5) is 7.97. The number of aromatic nitrogens is 2. The molecule has 0 unspecified atom stereocenters. The lowest BCUT2D eigenvalue weighted by Crippen LogP contribution is -1.98. The van der Waals surface area contributed by atoms with E-state index < -0.39 is 0 Å². The summed E-state index contributed by atoms with van der Waals surface area (Å²) in [6, 6.07) is 7.48. The van der Waals surface area contributed by atoms with E-state index in [1.165, 1.54) is 0 Å². The highest BCUT2D eigenvalue weighted by molar-refractivity contribution is 7.98. The van der Waals surface area contributed by atoms with Gasteiger partial charge in [0.15, 0.2) is 0 Å². The van der Waals surface area contributed by atoms with Crippen LogP contribution >= 0.6 is 23.4 Å². The lowest BCUT2D eigenvalue weighted by atomic mass is 10.3. The fourth-order valence-electron chi connectivity index (χ4n) is 1.50. The molecule has 1 aromatic heterocycles. The molecule has 0 saturated carbocycles. The summed E-state index contributed by atoms with van der Waals surface area (Å²) in [6.45, 7) is 0.707. The highest BCUT2D eigenvalue weighted by atomic mass is 35.5. The number of nitrogens with zero attached hydrogens (tertiary/aromatic N) is 2. The first-order valence-electron chi connectivity index (χ1n) is 6.04. The van der Waals surface area contributed by atoms with Crippen LogP contribution in [0.15, 0.2) is 43.0 Å². The van der Waals surface area contributed by atoms with E-state index >= 15 is 0 Å². The van der Waals surface area contributed by atoms with Gasteiger partial charge in [-0.05, 0) is 35.9 Å². The molecule has 0 aliphatic rings. The zero-order valence-electron chi connectivity index (χ0n) is 10.5. The van der Waals surface area contributed by atoms with Crippen molar-refractivity contribution >= 4 is 23.4 Å². The van der Waals surface area contributed by atoms with Crippen molar-refractivity contribution in [1.82, 2.24) is 9.97 Å². The molecule has 3 nitrogen and oxygen atoms in total. The van der Waals surface area contributed by atoms with Gasteiger partial charge >= 0.3 is 0 Å². The third-order valence-corrected chi connectivity index (χ3v) is 3.73. The molecular weight excluding hydrogens is 280 g/mol. The van der Waals surface area contributed by atoms with Crippen molar-refractivity contribution in [2.75, 3.05) is 12.4 Å². The standard InChI is InChI=1S/C14H15ClN2OS/c15-13-3-1-4-14(7-13)18-5-2-6-19-10-12-8-16-11-17-9-12/h1,3-4,7-9,11H,2,5-6,10H2. The minimum atomic E-state index is 0.705. The maximum atomic E-state index is 5.88. The Bertz CT molecular complexity index is 496. The molecule has 1 heterocycles. The molecule has 0 saturated heterocycles. The van der Waals surface area contributed by atoms with Gasteiger partial charge in [-0.1, -0.05) is 17.7 Å². The van der Waals surface area contributed by atoms with E-state index in [9.17, 15) is 0 Å². The fraction of sp³-hybridized carbons (Fsp3) is 0.286. The number of rotatable bonds is 7. The van der Waals surface area contributed by atoms with Gasteiger partial charge in [0, 0.05) is 23.2 Å². The SMILES string of the molecule is Clc1cccc(OCCCSCc2cncnc2)c1. The quantitative estimate of drug-likeness (QED) is 0.727. The van der Waals surface area contributed by atoms with Gasteiger partial charge in [0.25, 0.3) is 0 Å². The van der Waals surface area contributed by atoms with Gasteiger partial charge in [-0.15, -0.1) is 0 Å². The molecule has 1 aromatic carbocycles. The topological polar surface area (TPSA) is 35.0 Å². The predicted molar refractivity (Wildman–Crippen MR) is 79.8 cm³/mol. The molecule has 0 amide bonds. The van der Waals surface area contributed by atoms with Gasteiger partial charge in [0.1, 0.15) is 12.1 Å². The van der Waals surface area contributed by atoms with E-state index in [0.717, 1.165) is 29.2 Å². The molecule has 0 radical (unpaired) electrons. The molecule has 19 heavy (non-hydrogen) atoms. The first kappa shape index (κ1) is 14.2. The van der Waals surface area contributed by atoms with Crippen molar-refractivity contribution in [3.63, 3.8) is 0 Å². The number of ether oxygens (including phenoxy) is 1. The lowest BCUT2D eigenvalue weighted by molar-refractivity contribution is 0.319. The summed E-state index contributed by atoms with van der Waals surface area (Å²) in [5.41, 5.74) is 1.16. The van der Waals surface area contributed by atoms with Crippen LogP contribution in [-0.2, 0) is 5.75 Å². The third kappa shape index (κ3) is 5.49. The summed E-state index contributed by atoms with van der Waals surface area (Å²) < 4.78 is 5.62. The maximum absolute atomic E-state index is 5.88. The second kappa shape index (κ2) is 8.02. The lowest BCUT2D eigenvalue weighted by Gasteiger charge is -2.06. The van der Waals surface area contributed by atoms with Gasteiger partial charge in [-0.25, -0.2) is 9.97 Å². The Balaban J connectivity index is 1.58. The minimum absolute atomic E-state index is 0.705. The van der Waals surface area contributed by atoms with E-state index in [2.05, 4.69) is 9.97 Å². The van der Waals surface area contributed by atoms with Crippen molar-refractivity contribution in [2.24, 2.45) is 0 Å². The average molecular weight is 295 g/mol. The van der Waals surface area contributed by atoms with Crippen LogP contribution in [-0.4, -0.2) is 22.3 Å². The summed E-state index contributed by atoms with van der Waals surface area (Å²) in [7, 11) is 0. The number of thioether (sulfide) groups is 1. The summed E-state index contributed by atoms with van der Waals surface area (Å²) in [5, 5.41) is 0.705. The molecule has 0 bridgehead atoms. The van der Waals surface area contributed by atoms with Crippen LogP contribution in [0.25, 0.3) is 0 Å². The van der Waals surface area contributed by atoms with E-state index in [1.54, 1.807) is 6.33 Å². The second-order valence-corrected chi connectivity index (χ2v) is 5.50. The summed E-state index contributed by atoms with van der Waals surface area (Å²) >= 11 is 7.74. The van der Waals surface area contributed by atoms with Crippen LogP contribution < -0.4 is 4.74 Å². The Morgan fingerprint density at radius 3 is 2.84 bits per heavy atom. The highest BCUT2D eigenvalue weighted by Crippen LogP contribution is 2.17. The molecule has 0 aliphatic carbocycles. The number of halogens is 1. The van der Waals surface area contributed by atoms with Crippen molar-refractivity contribution in [1.29, 1.82) is 0 Å². The van der Waals surface area contributed by atoms with Crippen LogP contribution in [0.1, 0.15) is 12.0 Å². The van der Waals surface area contributed by atoms with Gasteiger partial charge in [-0.2, -0.15) is 11.8 Å². The van der Waals surface area contributed by atoms with E-state index in [1.807, 2.05) is 48.4 Å². The third-order valence-electron chi connectivity index (χ3n) is 2.38. The molecule has 2 aromatic rings. The van der Waals surface area contributed by atoms with Crippen molar-refractivity contribution in [3.8, 4) is 5.75 Å². The molecule has 0 spiro atoms. The molecular formula is C14H15ClN2OS. The molecule has 0 fully saturated rings. The Kier molecular flexibility index (Phi) is 5.98. The van der Waals surface area contributed by atoms with Crippen LogP contribution in [0.2, 0.25) is 5.02 Å². The molecule has 5 heteroatoms. The molecule has 2 rings (SSSR count). The Morgan fingerprint density at radius 2 is 2.05 bits per heavy atom. The molecule has 0 N–H and O–H groups in total. The highest BCUT2D eigenvalue weighted by Gasteiger charge is 1.96. The first-order chi connectivity index (χ1) is 9.34. The van der Waals surface area contributed by atoms with Gasteiger partial charge in [0.05, 0.1) is 6.61 Å². The normalized spacial score (nSPS) is 10.4. The average Bonchev–Trinajstić information content (AvgIpc) is 2.44. The molecule has 0 aliphatic heterocycles. The van der Waals surface area contributed by atoms with Crippen molar-refractivity contribution in [2.45, 2.75) is 12.2 Å². The Hall–Kier alpha value is -1.26. The van der Waals surface area contributed by atoms with Gasteiger partial charge in [0.2, 0.25) is 0 Å². The largest absolute Gasteiger partial charge is 0.494 e. The van der Waals surface area contributed by atoms with E-state index in [4.69, 9.17) is 16.3 Å². The van der Waals surface area contributed by atoms with Gasteiger partial charge in [-0.3, -0.25) is 0 Å². The molecule has 0 atom stereocenters. The first-order valence-corrected chi connectivity index (χ1v) is 7.58. The number of hydrogen-bond acceptors (Lipinski definition) is 4. The zero-order chi connectivity index (χ0) is 13.3. The van der Waals surface area contributed by atoms with Crippen molar-refractivity contribution in [3.05, 3.63) is 53.6 Å². The van der Waals surface area contributed by atoms with Crippen LogP contribution in [0, 0.1) is 0 Å². The predicted octanol–water partition coefficient (Wildman–Crippen LogP) is 3.83. The number of benzene rings is 1. The van der Waals surface area contributed by atoms with E-state index in [-0.39, 0.29) is 0 Å². The van der Waals surface area contributed by atoms with Crippen LogP contribution in [0.4, 0.5) is 0 Å². The minimum Gasteiger partial charge on any atom is -0.494 e. The monoisotopic (exact) mass is 294 g/mol. The smallest absolute Gasteiger partial charge is 0.120 e. The maximum Gasteiger partial charge on any atom is 0.120 e.